The third kappa shape index (κ3) is 4.65. The van der Waals surface area contributed by atoms with Crippen molar-refractivity contribution in [1.29, 1.82) is 0 Å². The Morgan fingerprint density at radius 2 is 1.78 bits per heavy atom. The number of carbonyl (C=O) groups is 1. The number of methoxy groups -OCH3 is 1. The van der Waals surface area contributed by atoms with Crippen LogP contribution >= 0.6 is 0 Å². The minimum atomic E-state index is -3.28. The molecule has 0 fully saturated rings. The highest BCUT2D eigenvalue weighted by atomic mass is 32.2. The van der Waals surface area contributed by atoms with Crippen LogP contribution < -0.4 is 9.64 Å². The fourth-order valence-electron chi connectivity index (χ4n) is 2.87. The van der Waals surface area contributed by atoms with Gasteiger partial charge in [-0.3, -0.25) is 4.79 Å². The van der Waals surface area contributed by atoms with Crippen molar-refractivity contribution in [3.05, 3.63) is 77.2 Å². The lowest BCUT2D eigenvalue weighted by Gasteiger charge is -2.26. The second kappa shape index (κ2) is 7.80. The van der Waals surface area contributed by atoms with Crippen molar-refractivity contribution in [2.75, 3.05) is 17.8 Å². The lowest BCUT2D eigenvalue weighted by atomic mass is 10.1. The van der Waals surface area contributed by atoms with E-state index in [9.17, 15) is 13.2 Å². The van der Waals surface area contributed by atoms with Gasteiger partial charge in [-0.1, -0.05) is 29.8 Å². The van der Waals surface area contributed by atoms with Crippen LogP contribution in [0.2, 0.25) is 0 Å². The van der Waals surface area contributed by atoms with E-state index in [0.29, 0.717) is 5.69 Å². The topological polar surface area (TPSA) is 63.7 Å². The molecule has 0 unspecified atom stereocenters. The van der Waals surface area contributed by atoms with Crippen LogP contribution in [0, 0.1) is 6.92 Å². The molecule has 1 aliphatic rings. The molecular weight excluding hydrogens is 362 g/mol. The summed E-state index contributed by atoms with van der Waals surface area (Å²) in [6.07, 6.45) is 4.73. The number of rotatable bonds is 5. The molecule has 0 saturated carbocycles. The molecule has 0 radical (unpaired) electrons. The molecule has 2 aromatic carbocycles. The summed E-state index contributed by atoms with van der Waals surface area (Å²) in [6, 6.07) is 14.2. The van der Waals surface area contributed by atoms with Crippen LogP contribution in [0.4, 0.5) is 5.69 Å². The Morgan fingerprint density at radius 1 is 1.11 bits per heavy atom. The van der Waals surface area contributed by atoms with Gasteiger partial charge in [0.05, 0.1) is 18.9 Å². The van der Waals surface area contributed by atoms with Gasteiger partial charge >= 0.3 is 0 Å². The van der Waals surface area contributed by atoms with Gasteiger partial charge in [0.1, 0.15) is 5.75 Å². The van der Waals surface area contributed by atoms with Crippen molar-refractivity contribution >= 4 is 27.5 Å². The Labute approximate surface area is 159 Å². The van der Waals surface area contributed by atoms with Crippen molar-refractivity contribution in [3.63, 3.8) is 0 Å². The maximum Gasteiger partial charge on any atom is 0.251 e. The predicted molar refractivity (Wildman–Crippen MR) is 107 cm³/mol. The zero-order valence-corrected chi connectivity index (χ0v) is 16.0. The number of hydrogen-bond acceptors (Lipinski definition) is 4. The van der Waals surface area contributed by atoms with Crippen molar-refractivity contribution < 1.29 is 17.9 Å². The molecule has 5 nitrogen and oxygen atoms in total. The Balaban J connectivity index is 1.87. The third-order valence-corrected chi connectivity index (χ3v) is 5.70. The zero-order valence-electron chi connectivity index (χ0n) is 15.2. The van der Waals surface area contributed by atoms with Gasteiger partial charge in [0.2, 0.25) is 0 Å². The van der Waals surface area contributed by atoms with E-state index in [-0.39, 0.29) is 11.7 Å². The average molecular weight is 383 g/mol. The van der Waals surface area contributed by atoms with Crippen LogP contribution in [0.3, 0.4) is 0 Å². The van der Waals surface area contributed by atoms with E-state index in [4.69, 9.17) is 4.74 Å². The number of ether oxygens (including phenoxy) is 1. The number of aryl methyl sites for hydroxylation is 1. The molecule has 1 amide bonds. The highest BCUT2D eigenvalue weighted by Crippen LogP contribution is 2.24. The predicted octanol–water partition coefficient (Wildman–Crippen LogP) is 3.36. The van der Waals surface area contributed by atoms with Crippen LogP contribution in [-0.2, 0) is 14.6 Å². The molecular formula is C21H21NO4S. The first-order valence-electron chi connectivity index (χ1n) is 8.51. The quantitative estimate of drug-likeness (QED) is 0.743. The first-order valence-corrected chi connectivity index (χ1v) is 10.2. The molecule has 27 heavy (non-hydrogen) atoms. The largest absolute Gasteiger partial charge is 0.497 e. The number of hydrogen-bond donors (Lipinski definition) is 0. The Hall–Kier alpha value is -2.86. The van der Waals surface area contributed by atoms with Gasteiger partial charge in [-0.15, -0.1) is 0 Å². The summed E-state index contributed by atoms with van der Waals surface area (Å²) in [4.78, 5) is 14.4. The highest BCUT2D eigenvalue weighted by Gasteiger charge is 2.30. The van der Waals surface area contributed by atoms with Crippen LogP contribution in [0.5, 0.6) is 5.75 Å². The fourth-order valence-corrected chi connectivity index (χ4v) is 4.14. The van der Waals surface area contributed by atoms with Gasteiger partial charge < -0.3 is 9.64 Å². The van der Waals surface area contributed by atoms with Crippen molar-refractivity contribution in [3.8, 4) is 5.75 Å². The smallest absolute Gasteiger partial charge is 0.251 e. The minimum Gasteiger partial charge on any atom is -0.497 e. The van der Waals surface area contributed by atoms with E-state index < -0.39 is 15.9 Å². The maximum absolute atomic E-state index is 12.9. The molecule has 3 rings (SSSR count). The molecule has 0 bridgehead atoms. The van der Waals surface area contributed by atoms with E-state index in [2.05, 4.69) is 0 Å². The summed E-state index contributed by atoms with van der Waals surface area (Å²) in [6.45, 7) is 1.96. The second-order valence-corrected chi connectivity index (χ2v) is 8.31. The van der Waals surface area contributed by atoms with Gasteiger partial charge in [0, 0.05) is 17.2 Å². The lowest BCUT2D eigenvalue weighted by Crippen LogP contribution is -2.40. The van der Waals surface area contributed by atoms with Crippen LogP contribution in [0.25, 0.3) is 6.08 Å². The monoisotopic (exact) mass is 383 g/mol. The molecule has 0 N–H and O–H groups in total. The molecule has 1 atom stereocenters. The number of sulfone groups is 1. The van der Waals surface area contributed by atoms with Gasteiger partial charge in [0.15, 0.2) is 9.84 Å². The minimum absolute atomic E-state index is 0.108. The summed E-state index contributed by atoms with van der Waals surface area (Å²) in [5.74, 6) is 0.352. The molecule has 2 aromatic rings. The second-order valence-electron chi connectivity index (χ2n) is 6.38. The van der Waals surface area contributed by atoms with Gasteiger partial charge in [-0.05, 0) is 48.9 Å². The summed E-state index contributed by atoms with van der Waals surface area (Å²) in [5, 5.41) is 1.18. The Kier molecular flexibility index (Phi) is 5.46. The normalized spacial score (nSPS) is 17.9. The average Bonchev–Trinajstić information content (AvgIpc) is 3.01. The zero-order chi connectivity index (χ0) is 19.4. The van der Waals surface area contributed by atoms with Gasteiger partial charge in [0.25, 0.3) is 5.91 Å². The number of anilines is 1. The number of carbonyl (C=O) groups excluding carboxylic acids is 1. The summed E-state index contributed by atoms with van der Waals surface area (Å²) in [7, 11) is -1.68. The van der Waals surface area contributed by atoms with Crippen molar-refractivity contribution in [2.24, 2.45) is 0 Å². The van der Waals surface area contributed by atoms with Crippen LogP contribution in [-0.4, -0.2) is 33.2 Å². The standard InChI is InChI=1S/C21H21NO4S/c1-16-3-8-18(9-4-16)22(19-13-14-27(24,25)15-19)21(23)12-7-17-5-10-20(26-2)11-6-17/h3-14,19H,15H2,1-2H3/b12-7-/t19-/m0/s1. The molecule has 6 heteroatoms. The van der Waals surface area contributed by atoms with E-state index in [0.717, 1.165) is 16.9 Å². The van der Waals surface area contributed by atoms with E-state index >= 15 is 0 Å². The molecule has 0 aromatic heterocycles. The Morgan fingerprint density at radius 3 is 2.33 bits per heavy atom. The molecule has 0 aliphatic carbocycles. The third-order valence-electron chi connectivity index (χ3n) is 4.33. The Bertz CT molecular complexity index is 974. The first kappa shape index (κ1) is 18.9. The fraction of sp³-hybridized carbons (Fsp3) is 0.190. The first-order chi connectivity index (χ1) is 12.9. The molecule has 140 valence electrons. The number of amides is 1. The number of nitrogens with zero attached hydrogens (tertiary/aromatic N) is 1. The number of benzene rings is 2. The molecule has 1 heterocycles. The lowest BCUT2D eigenvalue weighted by molar-refractivity contribution is -0.114. The molecule has 0 spiro atoms. The molecule has 1 aliphatic heterocycles. The van der Waals surface area contributed by atoms with E-state index in [1.54, 1.807) is 19.3 Å². The maximum atomic E-state index is 12.9. The van der Waals surface area contributed by atoms with E-state index in [1.165, 1.54) is 16.4 Å². The van der Waals surface area contributed by atoms with Crippen molar-refractivity contribution in [2.45, 2.75) is 13.0 Å². The van der Waals surface area contributed by atoms with Crippen LogP contribution in [0.15, 0.2) is 66.1 Å². The summed E-state index contributed by atoms with van der Waals surface area (Å²) in [5.41, 5.74) is 2.58. The van der Waals surface area contributed by atoms with Crippen molar-refractivity contribution in [1.82, 2.24) is 0 Å². The summed E-state index contributed by atoms with van der Waals surface area (Å²) >= 11 is 0. The molecule has 0 saturated heterocycles. The van der Waals surface area contributed by atoms with Gasteiger partial charge in [-0.25, -0.2) is 8.42 Å². The highest BCUT2D eigenvalue weighted by molar-refractivity contribution is 7.94. The van der Waals surface area contributed by atoms with Crippen LogP contribution in [0.1, 0.15) is 11.1 Å². The van der Waals surface area contributed by atoms with Gasteiger partial charge in [-0.2, -0.15) is 0 Å². The summed E-state index contributed by atoms with van der Waals surface area (Å²) < 4.78 is 28.8. The SMILES string of the molecule is COc1ccc(/C=C\C(=O)N(c2ccc(C)cc2)[C@H]2C=CS(=O)(=O)C2)cc1. The van der Waals surface area contributed by atoms with E-state index in [1.807, 2.05) is 55.5 Å².